The summed E-state index contributed by atoms with van der Waals surface area (Å²) in [5, 5.41) is 3.07. The molecule has 3 heteroatoms. The van der Waals surface area contributed by atoms with Gasteiger partial charge in [-0.05, 0) is 52.7 Å². The minimum Gasteiger partial charge on any atom is -0.352 e. The van der Waals surface area contributed by atoms with Crippen LogP contribution in [-0.2, 0) is 0 Å². The van der Waals surface area contributed by atoms with Gasteiger partial charge in [0, 0.05) is 11.0 Å². The van der Waals surface area contributed by atoms with Gasteiger partial charge in [-0.3, -0.25) is 4.79 Å². The van der Waals surface area contributed by atoms with Crippen molar-refractivity contribution in [1.29, 1.82) is 0 Å². The van der Waals surface area contributed by atoms with E-state index in [4.69, 9.17) is 0 Å². The third kappa shape index (κ3) is 2.94. The summed E-state index contributed by atoms with van der Waals surface area (Å²) in [5.41, 5.74) is 1.83. The van der Waals surface area contributed by atoms with E-state index in [2.05, 4.69) is 28.2 Å². The van der Waals surface area contributed by atoms with Crippen LogP contribution in [0.25, 0.3) is 0 Å². The second-order valence-corrected chi connectivity index (χ2v) is 6.11. The molecular formula is C15H20BrNO. The quantitative estimate of drug-likeness (QED) is 0.900. The van der Waals surface area contributed by atoms with E-state index in [0.29, 0.717) is 5.92 Å². The molecule has 1 amide bonds. The van der Waals surface area contributed by atoms with E-state index in [9.17, 15) is 4.79 Å². The maximum Gasteiger partial charge on any atom is 0.252 e. The van der Waals surface area contributed by atoms with Crippen molar-refractivity contribution < 1.29 is 4.79 Å². The number of aryl methyl sites for hydroxylation is 1. The van der Waals surface area contributed by atoms with Crippen LogP contribution in [0.15, 0.2) is 22.7 Å². The molecule has 1 saturated carbocycles. The number of amides is 1. The Labute approximate surface area is 117 Å². The lowest BCUT2D eigenvalue weighted by Crippen LogP contribution is -2.30. The topological polar surface area (TPSA) is 29.1 Å². The molecule has 0 radical (unpaired) electrons. The standard InChI is InChI=1S/C15H20BrNO/c1-10-5-3-7-12(10)9-17-15(18)13-8-4-6-11(2)14(13)16/h4,6,8,10,12H,3,5,7,9H2,1-2H3,(H,17,18). The summed E-state index contributed by atoms with van der Waals surface area (Å²) in [6.45, 7) is 5.09. The molecule has 2 nitrogen and oxygen atoms in total. The summed E-state index contributed by atoms with van der Waals surface area (Å²) in [5.74, 6) is 1.42. The van der Waals surface area contributed by atoms with Crippen molar-refractivity contribution in [3.8, 4) is 0 Å². The van der Waals surface area contributed by atoms with E-state index in [-0.39, 0.29) is 5.91 Å². The summed E-state index contributed by atoms with van der Waals surface area (Å²) in [6.07, 6.45) is 3.85. The monoisotopic (exact) mass is 309 g/mol. The first-order valence-electron chi connectivity index (χ1n) is 6.63. The smallest absolute Gasteiger partial charge is 0.252 e. The maximum atomic E-state index is 12.1. The molecule has 1 fully saturated rings. The van der Waals surface area contributed by atoms with Gasteiger partial charge in [0.15, 0.2) is 0 Å². The second-order valence-electron chi connectivity index (χ2n) is 5.31. The zero-order chi connectivity index (χ0) is 13.1. The number of hydrogen-bond acceptors (Lipinski definition) is 1. The van der Waals surface area contributed by atoms with E-state index in [1.54, 1.807) is 0 Å². The largest absolute Gasteiger partial charge is 0.352 e. The lowest BCUT2D eigenvalue weighted by molar-refractivity contribution is 0.0943. The first-order valence-corrected chi connectivity index (χ1v) is 7.42. The minimum absolute atomic E-state index is 0.0321. The maximum absolute atomic E-state index is 12.1. The van der Waals surface area contributed by atoms with Crippen molar-refractivity contribution in [2.75, 3.05) is 6.54 Å². The SMILES string of the molecule is Cc1cccc(C(=O)NCC2CCCC2C)c1Br. The fourth-order valence-corrected chi connectivity index (χ4v) is 3.11. The van der Waals surface area contributed by atoms with Gasteiger partial charge in [-0.2, -0.15) is 0 Å². The highest BCUT2D eigenvalue weighted by Crippen LogP contribution is 2.30. The number of carbonyl (C=O) groups is 1. The summed E-state index contributed by atoms with van der Waals surface area (Å²) < 4.78 is 0.905. The molecule has 1 aliphatic rings. The zero-order valence-corrected chi connectivity index (χ0v) is 12.6. The number of carbonyl (C=O) groups excluding carboxylic acids is 1. The van der Waals surface area contributed by atoms with Crippen LogP contribution in [0.5, 0.6) is 0 Å². The van der Waals surface area contributed by atoms with Gasteiger partial charge in [-0.25, -0.2) is 0 Å². The van der Waals surface area contributed by atoms with Crippen molar-refractivity contribution in [3.63, 3.8) is 0 Å². The number of nitrogens with one attached hydrogen (secondary N) is 1. The lowest BCUT2D eigenvalue weighted by Gasteiger charge is -2.16. The number of rotatable bonds is 3. The molecule has 0 aliphatic heterocycles. The minimum atomic E-state index is 0.0321. The molecule has 1 aromatic rings. The molecule has 0 saturated heterocycles. The predicted octanol–water partition coefficient (Wildman–Crippen LogP) is 3.92. The summed E-state index contributed by atoms with van der Waals surface area (Å²) >= 11 is 3.49. The second kappa shape index (κ2) is 5.87. The van der Waals surface area contributed by atoms with Crippen LogP contribution >= 0.6 is 15.9 Å². The molecule has 1 aliphatic carbocycles. The first kappa shape index (κ1) is 13.6. The van der Waals surface area contributed by atoms with Gasteiger partial charge >= 0.3 is 0 Å². The normalized spacial score (nSPS) is 23.1. The third-order valence-electron chi connectivity index (χ3n) is 4.00. The van der Waals surface area contributed by atoms with Crippen molar-refractivity contribution in [1.82, 2.24) is 5.32 Å². The van der Waals surface area contributed by atoms with E-state index < -0.39 is 0 Å². The van der Waals surface area contributed by atoms with Gasteiger partial charge in [-0.1, -0.05) is 31.9 Å². The molecule has 98 valence electrons. The Morgan fingerprint density at radius 1 is 1.44 bits per heavy atom. The number of benzene rings is 1. The Kier molecular flexibility index (Phi) is 4.44. The Bertz CT molecular complexity index is 444. The highest BCUT2D eigenvalue weighted by atomic mass is 79.9. The molecule has 18 heavy (non-hydrogen) atoms. The van der Waals surface area contributed by atoms with Gasteiger partial charge in [-0.15, -0.1) is 0 Å². The van der Waals surface area contributed by atoms with Gasteiger partial charge in [0.05, 0.1) is 5.56 Å². The molecule has 1 aromatic carbocycles. The highest BCUT2D eigenvalue weighted by Gasteiger charge is 2.23. The molecule has 2 atom stereocenters. The Balaban J connectivity index is 1.97. The van der Waals surface area contributed by atoms with E-state index in [1.165, 1.54) is 19.3 Å². The first-order chi connectivity index (χ1) is 8.59. The van der Waals surface area contributed by atoms with Crippen LogP contribution in [0, 0.1) is 18.8 Å². The summed E-state index contributed by atoms with van der Waals surface area (Å²) in [6, 6.07) is 5.79. The fraction of sp³-hybridized carbons (Fsp3) is 0.533. The Morgan fingerprint density at radius 2 is 2.22 bits per heavy atom. The van der Waals surface area contributed by atoms with Crippen LogP contribution in [0.2, 0.25) is 0 Å². The molecule has 0 spiro atoms. The van der Waals surface area contributed by atoms with Gasteiger partial charge in [0.25, 0.3) is 5.91 Å². The molecule has 2 unspecified atom stereocenters. The molecule has 0 heterocycles. The van der Waals surface area contributed by atoms with Crippen LogP contribution in [0.1, 0.15) is 42.1 Å². The van der Waals surface area contributed by atoms with Crippen LogP contribution in [0.4, 0.5) is 0 Å². The lowest BCUT2D eigenvalue weighted by atomic mass is 9.98. The third-order valence-corrected chi connectivity index (χ3v) is 5.05. The average molecular weight is 310 g/mol. The Morgan fingerprint density at radius 3 is 2.89 bits per heavy atom. The van der Waals surface area contributed by atoms with Gasteiger partial charge in [0.1, 0.15) is 0 Å². The molecule has 0 aromatic heterocycles. The van der Waals surface area contributed by atoms with Crippen molar-refractivity contribution >= 4 is 21.8 Å². The van der Waals surface area contributed by atoms with Crippen molar-refractivity contribution in [3.05, 3.63) is 33.8 Å². The van der Waals surface area contributed by atoms with Gasteiger partial charge < -0.3 is 5.32 Å². The summed E-state index contributed by atoms with van der Waals surface area (Å²) in [4.78, 5) is 12.1. The Hall–Kier alpha value is -0.830. The zero-order valence-electron chi connectivity index (χ0n) is 11.0. The molecule has 1 N–H and O–H groups in total. The van der Waals surface area contributed by atoms with Crippen LogP contribution < -0.4 is 5.32 Å². The summed E-state index contributed by atoms with van der Waals surface area (Å²) in [7, 11) is 0. The fourth-order valence-electron chi connectivity index (χ4n) is 2.67. The van der Waals surface area contributed by atoms with Crippen molar-refractivity contribution in [2.24, 2.45) is 11.8 Å². The van der Waals surface area contributed by atoms with E-state index >= 15 is 0 Å². The van der Waals surface area contributed by atoms with Gasteiger partial charge in [0.2, 0.25) is 0 Å². The van der Waals surface area contributed by atoms with E-state index in [1.807, 2.05) is 25.1 Å². The molecular weight excluding hydrogens is 290 g/mol. The van der Waals surface area contributed by atoms with Crippen LogP contribution in [0.3, 0.4) is 0 Å². The molecule has 0 bridgehead atoms. The van der Waals surface area contributed by atoms with Crippen molar-refractivity contribution in [2.45, 2.75) is 33.1 Å². The highest BCUT2D eigenvalue weighted by molar-refractivity contribution is 9.10. The molecule has 2 rings (SSSR count). The number of halogens is 1. The predicted molar refractivity (Wildman–Crippen MR) is 77.7 cm³/mol. The average Bonchev–Trinajstić information content (AvgIpc) is 2.75. The van der Waals surface area contributed by atoms with Crippen LogP contribution in [-0.4, -0.2) is 12.5 Å². The number of hydrogen-bond donors (Lipinski definition) is 1. The van der Waals surface area contributed by atoms with E-state index in [0.717, 1.165) is 28.1 Å².